The van der Waals surface area contributed by atoms with E-state index in [0.29, 0.717) is 0 Å². The molecule has 0 saturated heterocycles. The summed E-state index contributed by atoms with van der Waals surface area (Å²) in [6.07, 6.45) is 11.9. The highest BCUT2D eigenvalue weighted by Gasteiger charge is 2.23. The van der Waals surface area contributed by atoms with Gasteiger partial charge in [-0.05, 0) is 87.5 Å². The molecule has 0 fully saturated rings. The fourth-order valence-electron chi connectivity index (χ4n) is 7.86. The van der Waals surface area contributed by atoms with E-state index in [4.69, 9.17) is 9.40 Å². The lowest BCUT2D eigenvalue weighted by molar-refractivity contribution is 0.669. The third-order valence-corrected chi connectivity index (χ3v) is 10.4. The maximum Gasteiger partial charge on any atom is 0.136 e. The molecule has 1 aliphatic carbocycles. The van der Waals surface area contributed by atoms with Gasteiger partial charge in [0.05, 0.1) is 11.9 Å². The van der Waals surface area contributed by atoms with Gasteiger partial charge in [-0.15, -0.1) is 0 Å². The number of hydrogen-bond donors (Lipinski definition) is 0. The summed E-state index contributed by atoms with van der Waals surface area (Å²) in [4.78, 5) is 7.24. The second kappa shape index (κ2) is 12.6. The van der Waals surface area contributed by atoms with Crippen molar-refractivity contribution in [2.45, 2.75) is 12.3 Å². The molecule has 0 aliphatic heterocycles. The molecule has 0 spiro atoms. The van der Waals surface area contributed by atoms with Crippen LogP contribution in [-0.4, -0.2) is 4.98 Å². The Bertz CT molecular complexity index is 2830. The number of para-hydroxylation sites is 1. The Morgan fingerprint density at radius 3 is 2.21 bits per heavy atom. The van der Waals surface area contributed by atoms with E-state index in [-0.39, 0.29) is 5.92 Å². The SMILES string of the molecule is C1=CC(N(c2ccc(-c3ccccc3)c(-c3ccc4ccccc4c3)c2)c2cncc3cc4c(cc23)oc2ccccc24)=CC(c2ccccc2)C1. The summed E-state index contributed by atoms with van der Waals surface area (Å²) < 4.78 is 6.43. The molecule has 52 heavy (non-hydrogen) atoms. The Kier molecular flexibility index (Phi) is 7.28. The third-order valence-electron chi connectivity index (χ3n) is 10.4. The summed E-state index contributed by atoms with van der Waals surface area (Å²) >= 11 is 0. The Morgan fingerprint density at radius 2 is 1.33 bits per heavy atom. The van der Waals surface area contributed by atoms with E-state index in [0.717, 1.165) is 56.2 Å². The predicted molar refractivity (Wildman–Crippen MR) is 217 cm³/mol. The van der Waals surface area contributed by atoms with Crippen molar-refractivity contribution in [3.8, 4) is 22.3 Å². The van der Waals surface area contributed by atoms with Crippen LogP contribution in [0, 0.1) is 0 Å². The first-order valence-electron chi connectivity index (χ1n) is 17.9. The summed E-state index contributed by atoms with van der Waals surface area (Å²) in [5.41, 5.74) is 11.0. The van der Waals surface area contributed by atoms with Crippen LogP contribution in [-0.2, 0) is 0 Å². The van der Waals surface area contributed by atoms with Gasteiger partial charge in [-0.1, -0.05) is 133 Å². The normalized spacial score (nSPS) is 14.3. The van der Waals surface area contributed by atoms with Crippen molar-refractivity contribution in [1.29, 1.82) is 0 Å². The number of anilines is 2. The molecule has 10 rings (SSSR count). The second-order valence-corrected chi connectivity index (χ2v) is 13.6. The van der Waals surface area contributed by atoms with Crippen LogP contribution in [0.3, 0.4) is 0 Å². The lowest BCUT2D eigenvalue weighted by Crippen LogP contribution is -2.18. The molecule has 3 nitrogen and oxygen atoms in total. The van der Waals surface area contributed by atoms with Crippen molar-refractivity contribution in [1.82, 2.24) is 4.98 Å². The second-order valence-electron chi connectivity index (χ2n) is 13.6. The zero-order chi connectivity index (χ0) is 34.4. The van der Waals surface area contributed by atoms with Crippen LogP contribution in [0.25, 0.3) is 65.7 Å². The maximum absolute atomic E-state index is 6.43. The van der Waals surface area contributed by atoms with Gasteiger partial charge in [0.25, 0.3) is 0 Å². The van der Waals surface area contributed by atoms with E-state index in [2.05, 4.69) is 169 Å². The van der Waals surface area contributed by atoms with Gasteiger partial charge in [0.2, 0.25) is 0 Å². The molecule has 7 aromatic carbocycles. The standard InChI is InChI=1S/C49H34N2O/c1-3-12-33(13-4-1)37-18-11-19-40(27-37)51(47-32-50-31-39-28-46-43-20-9-10-21-48(43)52-49(46)30-45(39)47)41-24-25-42(35-15-5-2-6-16-35)44(29-41)38-23-22-34-14-7-8-17-36(34)26-38/h1-17,19-32,37H,18H2. The lowest BCUT2D eigenvalue weighted by atomic mass is 9.90. The van der Waals surface area contributed by atoms with Gasteiger partial charge in [-0.2, -0.15) is 0 Å². The molecular weight excluding hydrogens is 633 g/mol. The molecule has 2 heterocycles. The van der Waals surface area contributed by atoms with Gasteiger partial charge in [0, 0.05) is 45.0 Å². The first kappa shape index (κ1) is 30.1. The minimum atomic E-state index is 0.247. The molecule has 2 aromatic heterocycles. The molecule has 0 bridgehead atoms. The van der Waals surface area contributed by atoms with Crippen molar-refractivity contribution in [2.24, 2.45) is 0 Å². The first-order valence-corrected chi connectivity index (χ1v) is 17.9. The van der Waals surface area contributed by atoms with Gasteiger partial charge < -0.3 is 9.32 Å². The zero-order valence-corrected chi connectivity index (χ0v) is 28.5. The number of nitrogens with zero attached hydrogens (tertiary/aromatic N) is 2. The summed E-state index contributed by atoms with van der Waals surface area (Å²) in [7, 11) is 0. The van der Waals surface area contributed by atoms with Crippen molar-refractivity contribution in [3.05, 3.63) is 200 Å². The average molecular weight is 667 g/mol. The maximum atomic E-state index is 6.43. The van der Waals surface area contributed by atoms with Crippen LogP contribution >= 0.6 is 0 Å². The van der Waals surface area contributed by atoms with E-state index in [1.807, 2.05) is 24.5 Å². The number of rotatable bonds is 6. The first-order chi connectivity index (χ1) is 25.8. The number of allylic oxidation sites excluding steroid dienone is 3. The molecule has 3 heteroatoms. The van der Waals surface area contributed by atoms with Crippen molar-refractivity contribution in [3.63, 3.8) is 0 Å². The molecule has 0 saturated carbocycles. The quantitative estimate of drug-likeness (QED) is 0.177. The number of hydrogen-bond acceptors (Lipinski definition) is 3. The molecule has 0 N–H and O–H groups in total. The largest absolute Gasteiger partial charge is 0.456 e. The molecule has 1 aliphatic rings. The summed E-state index contributed by atoms with van der Waals surface area (Å²) in [6.45, 7) is 0. The Labute approximate surface area is 302 Å². The van der Waals surface area contributed by atoms with Crippen LogP contribution in [0.2, 0.25) is 0 Å². The number of pyridine rings is 1. The summed E-state index contributed by atoms with van der Waals surface area (Å²) in [5, 5.41) is 6.81. The van der Waals surface area contributed by atoms with Gasteiger partial charge >= 0.3 is 0 Å². The third kappa shape index (κ3) is 5.26. The van der Waals surface area contributed by atoms with E-state index >= 15 is 0 Å². The van der Waals surface area contributed by atoms with Crippen LogP contribution < -0.4 is 4.90 Å². The number of benzene rings is 7. The number of furan rings is 1. The van der Waals surface area contributed by atoms with Gasteiger partial charge in [0.1, 0.15) is 11.2 Å². The minimum absolute atomic E-state index is 0.247. The number of fused-ring (bicyclic) bond motifs is 5. The Morgan fingerprint density at radius 1 is 0.538 bits per heavy atom. The average Bonchev–Trinajstić information content (AvgIpc) is 3.58. The van der Waals surface area contributed by atoms with E-state index in [9.17, 15) is 0 Å². The minimum Gasteiger partial charge on any atom is -0.456 e. The number of aromatic nitrogens is 1. The van der Waals surface area contributed by atoms with E-state index < -0.39 is 0 Å². The summed E-state index contributed by atoms with van der Waals surface area (Å²) in [6, 6.07) is 56.4. The molecule has 9 aromatic rings. The highest BCUT2D eigenvalue weighted by Crippen LogP contribution is 2.44. The fraction of sp³-hybridized carbons (Fsp3) is 0.0408. The zero-order valence-electron chi connectivity index (χ0n) is 28.5. The Hall–Kier alpha value is -6.71. The van der Waals surface area contributed by atoms with Crippen molar-refractivity contribution < 1.29 is 4.42 Å². The lowest BCUT2D eigenvalue weighted by Gasteiger charge is -2.31. The molecule has 1 atom stereocenters. The van der Waals surface area contributed by atoms with Crippen molar-refractivity contribution in [2.75, 3.05) is 4.90 Å². The molecule has 0 radical (unpaired) electrons. The van der Waals surface area contributed by atoms with Gasteiger partial charge in [0.15, 0.2) is 0 Å². The fourth-order valence-corrected chi connectivity index (χ4v) is 7.86. The van der Waals surface area contributed by atoms with Gasteiger partial charge in [-0.3, -0.25) is 4.98 Å². The highest BCUT2D eigenvalue weighted by atomic mass is 16.3. The molecule has 0 amide bonds. The van der Waals surface area contributed by atoms with E-state index in [1.54, 1.807) is 0 Å². The topological polar surface area (TPSA) is 29.3 Å². The smallest absolute Gasteiger partial charge is 0.136 e. The van der Waals surface area contributed by atoms with Crippen LogP contribution in [0.1, 0.15) is 17.9 Å². The molecule has 1 unspecified atom stereocenters. The summed E-state index contributed by atoms with van der Waals surface area (Å²) in [5.74, 6) is 0.247. The predicted octanol–water partition coefficient (Wildman–Crippen LogP) is 13.4. The van der Waals surface area contributed by atoms with Crippen LogP contribution in [0.15, 0.2) is 198 Å². The van der Waals surface area contributed by atoms with Crippen molar-refractivity contribution >= 4 is 54.9 Å². The van der Waals surface area contributed by atoms with Gasteiger partial charge in [-0.25, -0.2) is 0 Å². The molecule has 246 valence electrons. The highest BCUT2D eigenvalue weighted by molar-refractivity contribution is 6.12. The molecular formula is C49H34N2O. The monoisotopic (exact) mass is 666 g/mol. The van der Waals surface area contributed by atoms with Crippen LogP contribution in [0.4, 0.5) is 11.4 Å². The van der Waals surface area contributed by atoms with E-state index in [1.165, 1.54) is 38.6 Å². The van der Waals surface area contributed by atoms with Crippen LogP contribution in [0.5, 0.6) is 0 Å². The Balaban J connectivity index is 1.22.